The van der Waals surface area contributed by atoms with Crippen LogP contribution in [0.4, 0.5) is 0 Å². The standard InChI is InChI=1S/C12H19NO2/c1-4-10(15)12(13)11-7(2)5-9(14)6-8(11)3/h5-6,10,12,14-15H,4,13H2,1-3H3/t10-,12-/m0/s1. The fourth-order valence-corrected chi connectivity index (χ4v) is 1.92. The van der Waals surface area contributed by atoms with E-state index in [1.54, 1.807) is 12.1 Å². The first-order valence-electron chi connectivity index (χ1n) is 5.21. The number of nitrogens with two attached hydrogens (primary N) is 1. The van der Waals surface area contributed by atoms with Gasteiger partial charge in [0.25, 0.3) is 0 Å². The topological polar surface area (TPSA) is 66.5 Å². The molecule has 0 aliphatic rings. The minimum Gasteiger partial charge on any atom is -0.508 e. The molecule has 0 aromatic heterocycles. The van der Waals surface area contributed by atoms with Crippen molar-refractivity contribution < 1.29 is 10.2 Å². The van der Waals surface area contributed by atoms with Crippen LogP contribution in [0.3, 0.4) is 0 Å². The van der Waals surface area contributed by atoms with E-state index in [-0.39, 0.29) is 11.8 Å². The van der Waals surface area contributed by atoms with Gasteiger partial charge in [-0.1, -0.05) is 6.92 Å². The number of aliphatic hydroxyl groups excluding tert-OH is 1. The molecule has 2 atom stereocenters. The van der Waals surface area contributed by atoms with Crippen molar-refractivity contribution in [3.63, 3.8) is 0 Å². The van der Waals surface area contributed by atoms with E-state index in [4.69, 9.17) is 5.73 Å². The summed E-state index contributed by atoms with van der Waals surface area (Å²) in [6.45, 7) is 5.68. The van der Waals surface area contributed by atoms with Crippen LogP contribution >= 0.6 is 0 Å². The van der Waals surface area contributed by atoms with Crippen LogP contribution in [0.2, 0.25) is 0 Å². The van der Waals surface area contributed by atoms with Crippen LogP contribution in [0.5, 0.6) is 5.75 Å². The molecule has 84 valence electrons. The highest BCUT2D eigenvalue weighted by molar-refractivity contribution is 5.42. The van der Waals surface area contributed by atoms with Crippen molar-refractivity contribution in [3.05, 3.63) is 28.8 Å². The van der Waals surface area contributed by atoms with E-state index in [0.29, 0.717) is 6.42 Å². The van der Waals surface area contributed by atoms with Gasteiger partial charge in [-0.25, -0.2) is 0 Å². The van der Waals surface area contributed by atoms with Gasteiger partial charge in [0, 0.05) is 0 Å². The zero-order valence-corrected chi connectivity index (χ0v) is 9.49. The van der Waals surface area contributed by atoms with Crippen LogP contribution in [-0.4, -0.2) is 16.3 Å². The minimum absolute atomic E-state index is 0.243. The van der Waals surface area contributed by atoms with Gasteiger partial charge < -0.3 is 15.9 Å². The summed E-state index contributed by atoms with van der Waals surface area (Å²) >= 11 is 0. The van der Waals surface area contributed by atoms with Crippen molar-refractivity contribution in [2.75, 3.05) is 0 Å². The maximum atomic E-state index is 9.71. The summed E-state index contributed by atoms with van der Waals surface area (Å²) in [6, 6.07) is 2.96. The minimum atomic E-state index is -0.535. The number of hydrogen-bond acceptors (Lipinski definition) is 3. The van der Waals surface area contributed by atoms with Gasteiger partial charge in [0.15, 0.2) is 0 Å². The Morgan fingerprint density at radius 3 is 2.13 bits per heavy atom. The van der Waals surface area contributed by atoms with Crippen LogP contribution in [0, 0.1) is 13.8 Å². The average molecular weight is 209 g/mol. The Morgan fingerprint density at radius 2 is 1.73 bits per heavy atom. The zero-order valence-electron chi connectivity index (χ0n) is 9.49. The number of rotatable bonds is 3. The lowest BCUT2D eigenvalue weighted by molar-refractivity contribution is 0.140. The van der Waals surface area contributed by atoms with E-state index in [2.05, 4.69) is 0 Å². The Balaban J connectivity index is 3.13. The molecular weight excluding hydrogens is 190 g/mol. The average Bonchev–Trinajstić information content (AvgIpc) is 2.14. The Bertz CT molecular complexity index is 326. The SMILES string of the molecule is CC[C@H](O)[C@H](N)c1c(C)cc(O)cc1C. The first kappa shape index (κ1) is 12.0. The lowest BCUT2D eigenvalue weighted by Gasteiger charge is -2.22. The van der Waals surface area contributed by atoms with E-state index >= 15 is 0 Å². The molecule has 0 saturated carbocycles. The molecule has 0 amide bonds. The molecule has 1 rings (SSSR count). The summed E-state index contributed by atoms with van der Waals surface area (Å²) in [5.74, 6) is 0.243. The Labute approximate surface area is 90.5 Å². The normalized spacial score (nSPS) is 15.0. The maximum absolute atomic E-state index is 9.71. The summed E-state index contributed by atoms with van der Waals surface area (Å²) in [4.78, 5) is 0. The van der Waals surface area contributed by atoms with Gasteiger partial charge in [0.1, 0.15) is 5.75 Å². The lowest BCUT2D eigenvalue weighted by Crippen LogP contribution is -2.26. The van der Waals surface area contributed by atoms with Gasteiger partial charge in [0.05, 0.1) is 12.1 Å². The van der Waals surface area contributed by atoms with E-state index in [9.17, 15) is 10.2 Å². The predicted octanol–water partition coefficient (Wildman–Crippen LogP) is 1.78. The smallest absolute Gasteiger partial charge is 0.116 e. The molecule has 1 aromatic rings. The molecule has 0 bridgehead atoms. The van der Waals surface area contributed by atoms with Crippen LogP contribution in [0.1, 0.15) is 36.1 Å². The Hall–Kier alpha value is -1.06. The second-order valence-electron chi connectivity index (χ2n) is 3.99. The molecule has 3 nitrogen and oxygen atoms in total. The van der Waals surface area contributed by atoms with Crippen molar-refractivity contribution in [2.24, 2.45) is 5.73 Å². The van der Waals surface area contributed by atoms with E-state index in [1.807, 2.05) is 20.8 Å². The molecule has 0 fully saturated rings. The third-order valence-electron chi connectivity index (χ3n) is 2.74. The fraction of sp³-hybridized carbons (Fsp3) is 0.500. The first-order chi connectivity index (χ1) is 6.97. The summed E-state index contributed by atoms with van der Waals surface area (Å²) in [5, 5.41) is 19.1. The van der Waals surface area contributed by atoms with Crippen LogP contribution < -0.4 is 5.73 Å². The van der Waals surface area contributed by atoms with Crippen molar-refractivity contribution in [1.29, 1.82) is 0 Å². The first-order valence-corrected chi connectivity index (χ1v) is 5.21. The van der Waals surface area contributed by atoms with Crippen LogP contribution in [-0.2, 0) is 0 Å². The van der Waals surface area contributed by atoms with Gasteiger partial charge in [0.2, 0.25) is 0 Å². The summed E-state index contributed by atoms with van der Waals surface area (Å²) < 4.78 is 0. The largest absolute Gasteiger partial charge is 0.508 e. The number of aliphatic hydroxyl groups is 1. The third-order valence-corrected chi connectivity index (χ3v) is 2.74. The molecular formula is C12H19NO2. The summed E-state index contributed by atoms with van der Waals surface area (Å²) in [5.41, 5.74) is 8.75. The van der Waals surface area contributed by atoms with Crippen molar-refractivity contribution >= 4 is 0 Å². The monoisotopic (exact) mass is 209 g/mol. The van der Waals surface area contributed by atoms with E-state index in [1.165, 1.54) is 0 Å². The van der Waals surface area contributed by atoms with Gasteiger partial charge in [-0.2, -0.15) is 0 Å². The van der Waals surface area contributed by atoms with E-state index < -0.39 is 6.10 Å². The molecule has 0 heterocycles. The number of phenolic OH excluding ortho intramolecular Hbond substituents is 1. The molecule has 1 aromatic carbocycles. The number of aryl methyl sites for hydroxylation is 2. The number of benzene rings is 1. The third kappa shape index (κ3) is 2.49. The molecule has 0 aliphatic carbocycles. The van der Waals surface area contributed by atoms with Crippen molar-refractivity contribution in [1.82, 2.24) is 0 Å². The number of phenols is 1. The molecule has 0 saturated heterocycles. The predicted molar refractivity (Wildman–Crippen MR) is 60.8 cm³/mol. The highest BCUT2D eigenvalue weighted by Crippen LogP contribution is 2.27. The highest BCUT2D eigenvalue weighted by atomic mass is 16.3. The molecule has 0 radical (unpaired) electrons. The Kier molecular flexibility index (Phi) is 3.72. The fourth-order valence-electron chi connectivity index (χ4n) is 1.92. The number of hydrogen-bond donors (Lipinski definition) is 3. The maximum Gasteiger partial charge on any atom is 0.116 e. The van der Waals surface area contributed by atoms with Crippen LogP contribution in [0.15, 0.2) is 12.1 Å². The molecule has 0 aliphatic heterocycles. The molecule has 3 heteroatoms. The summed E-state index contributed by atoms with van der Waals surface area (Å²) in [7, 11) is 0. The summed E-state index contributed by atoms with van der Waals surface area (Å²) in [6.07, 6.45) is 0.0907. The van der Waals surface area contributed by atoms with E-state index in [0.717, 1.165) is 16.7 Å². The van der Waals surface area contributed by atoms with Crippen LogP contribution in [0.25, 0.3) is 0 Å². The molecule has 15 heavy (non-hydrogen) atoms. The van der Waals surface area contributed by atoms with Gasteiger partial charge >= 0.3 is 0 Å². The molecule has 0 unspecified atom stereocenters. The molecule has 4 N–H and O–H groups in total. The highest BCUT2D eigenvalue weighted by Gasteiger charge is 2.19. The van der Waals surface area contributed by atoms with Gasteiger partial charge in [-0.15, -0.1) is 0 Å². The quantitative estimate of drug-likeness (QED) is 0.711. The molecule has 0 spiro atoms. The lowest BCUT2D eigenvalue weighted by atomic mass is 9.92. The second-order valence-corrected chi connectivity index (χ2v) is 3.99. The Morgan fingerprint density at radius 1 is 1.27 bits per heavy atom. The zero-order chi connectivity index (χ0) is 11.6. The number of aromatic hydroxyl groups is 1. The second kappa shape index (κ2) is 4.64. The van der Waals surface area contributed by atoms with Gasteiger partial charge in [-0.3, -0.25) is 0 Å². The van der Waals surface area contributed by atoms with Gasteiger partial charge in [-0.05, 0) is 49.1 Å². The van der Waals surface area contributed by atoms with Crippen molar-refractivity contribution in [2.45, 2.75) is 39.3 Å². The van der Waals surface area contributed by atoms with Crippen molar-refractivity contribution in [3.8, 4) is 5.75 Å².